The Hall–Kier alpha value is -1.79. The van der Waals surface area contributed by atoms with Crippen molar-refractivity contribution in [3.63, 3.8) is 0 Å². The molecule has 2 rings (SSSR count). The molecule has 1 aromatic rings. The molecular formula is C20H33N3O3. The molecule has 0 amide bonds. The number of hydrogen-bond donors (Lipinski definition) is 2. The van der Waals surface area contributed by atoms with Crippen LogP contribution in [-0.2, 0) is 16.0 Å². The third-order valence-corrected chi connectivity index (χ3v) is 3.93. The van der Waals surface area contributed by atoms with Gasteiger partial charge in [-0.05, 0) is 39.7 Å². The summed E-state index contributed by atoms with van der Waals surface area (Å²) in [4.78, 5) is 4.26. The average molecular weight is 364 g/mol. The summed E-state index contributed by atoms with van der Waals surface area (Å²) in [5.41, 5.74) is 0.871. The van der Waals surface area contributed by atoms with Crippen LogP contribution in [0, 0.1) is 0 Å². The van der Waals surface area contributed by atoms with Crippen molar-refractivity contribution in [2.45, 2.75) is 51.9 Å². The molecule has 1 saturated heterocycles. The van der Waals surface area contributed by atoms with Gasteiger partial charge in [0.1, 0.15) is 11.4 Å². The highest BCUT2D eigenvalue weighted by Gasteiger charge is 2.15. The lowest BCUT2D eigenvalue weighted by molar-refractivity contribution is 0.0191. The zero-order valence-corrected chi connectivity index (χ0v) is 16.5. The van der Waals surface area contributed by atoms with E-state index in [9.17, 15) is 0 Å². The molecule has 6 heteroatoms. The van der Waals surface area contributed by atoms with Crippen LogP contribution in [0.15, 0.2) is 29.3 Å². The van der Waals surface area contributed by atoms with E-state index in [1.54, 1.807) is 7.05 Å². The number of benzene rings is 1. The molecule has 0 saturated carbocycles. The second-order valence-corrected chi connectivity index (χ2v) is 7.38. The van der Waals surface area contributed by atoms with Crippen molar-refractivity contribution in [3.8, 4) is 5.75 Å². The largest absolute Gasteiger partial charge is 0.488 e. The lowest BCUT2D eigenvalue weighted by atomic mass is 10.1. The fourth-order valence-corrected chi connectivity index (χ4v) is 2.71. The first-order chi connectivity index (χ1) is 12.5. The SMILES string of the molecule is CN=C(NCCOCC1CCCO1)NCc1ccccc1OC(C)(C)C. The molecule has 1 aromatic carbocycles. The normalized spacial score (nSPS) is 18.0. The summed E-state index contributed by atoms with van der Waals surface area (Å²) in [6.07, 6.45) is 2.52. The fourth-order valence-electron chi connectivity index (χ4n) is 2.71. The summed E-state index contributed by atoms with van der Waals surface area (Å²) < 4.78 is 17.2. The van der Waals surface area contributed by atoms with E-state index >= 15 is 0 Å². The van der Waals surface area contributed by atoms with Gasteiger partial charge in [-0.2, -0.15) is 0 Å². The Bertz CT molecular complexity index is 564. The molecule has 1 aliphatic rings. The van der Waals surface area contributed by atoms with Gasteiger partial charge in [-0.3, -0.25) is 4.99 Å². The molecule has 0 bridgehead atoms. The smallest absolute Gasteiger partial charge is 0.191 e. The predicted octanol–water partition coefficient (Wildman–Crippen LogP) is 2.72. The molecule has 0 spiro atoms. The minimum atomic E-state index is -0.226. The number of nitrogens with zero attached hydrogens (tertiary/aromatic N) is 1. The molecule has 1 atom stereocenters. The Morgan fingerprint density at radius 2 is 2.08 bits per heavy atom. The molecule has 0 radical (unpaired) electrons. The molecule has 6 nitrogen and oxygen atoms in total. The van der Waals surface area contributed by atoms with Crippen LogP contribution in [0.25, 0.3) is 0 Å². The van der Waals surface area contributed by atoms with Crippen LogP contribution in [0.2, 0.25) is 0 Å². The van der Waals surface area contributed by atoms with Crippen LogP contribution in [-0.4, -0.2) is 51.1 Å². The molecule has 0 aliphatic carbocycles. The van der Waals surface area contributed by atoms with Gasteiger partial charge in [-0.25, -0.2) is 0 Å². The van der Waals surface area contributed by atoms with Gasteiger partial charge < -0.3 is 24.8 Å². The average Bonchev–Trinajstić information content (AvgIpc) is 3.10. The molecule has 1 heterocycles. The van der Waals surface area contributed by atoms with E-state index in [0.29, 0.717) is 26.3 Å². The van der Waals surface area contributed by atoms with Crippen LogP contribution in [0.4, 0.5) is 0 Å². The Labute approximate surface area is 157 Å². The maximum Gasteiger partial charge on any atom is 0.191 e. The number of guanidine groups is 1. The standard InChI is InChI=1S/C20H33N3O3/c1-20(2,3)26-18-10-6-5-8-16(18)14-23-19(21-4)22-11-13-24-15-17-9-7-12-25-17/h5-6,8,10,17H,7,9,11-15H2,1-4H3,(H2,21,22,23). The molecule has 26 heavy (non-hydrogen) atoms. The molecule has 1 fully saturated rings. The third-order valence-electron chi connectivity index (χ3n) is 3.93. The summed E-state index contributed by atoms with van der Waals surface area (Å²) >= 11 is 0. The third kappa shape index (κ3) is 7.62. The van der Waals surface area contributed by atoms with Crippen LogP contribution in [0.1, 0.15) is 39.2 Å². The maximum atomic E-state index is 6.03. The lowest BCUT2D eigenvalue weighted by Gasteiger charge is -2.23. The summed E-state index contributed by atoms with van der Waals surface area (Å²) in [5, 5.41) is 6.59. The Balaban J connectivity index is 1.71. The van der Waals surface area contributed by atoms with E-state index in [2.05, 4.69) is 21.7 Å². The topological polar surface area (TPSA) is 64.1 Å². The van der Waals surface area contributed by atoms with Gasteiger partial charge in [0.15, 0.2) is 5.96 Å². The van der Waals surface area contributed by atoms with E-state index in [1.807, 2.05) is 39.0 Å². The van der Waals surface area contributed by atoms with Crippen LogP contribution >= 0.6 is 0 Å². The highest BCUT2D eigenvalue weighted by atomic mass is 16.5. The second kappa shape index (κ2) is 10.4. The molecule has 1 aliphatic heterocycles. The van der Waals surface area contributed by atoms with Gasteiger partial charge in [-0.1, -0.05) is 18.2 Å². The number of ether oxygens (including phenoxy) is 3. The minimum absolute atomic E-state index is 0.226. The highest BCUT2D eigenvalue weighted by molar-refractivity contribution is 5.79. The predicted molar refractivity (Wildman–Crippen MR) is 105 cm³/mol. The van der Waals surface area contributed by atoms with Crippen LogP contribution in [0.3, 0.4) is 0 Å². The molecular weight excluding hydrogens is 330 g/mol. The second-order valence-electron chi connectivity index (χ2n) is 7.38. The van der Waals surface area contributed by atoms with Gasteiger partial charge in [0.05, 0.1) is 19.3 Å². The van der Waals surface area contributed by atoms with Gasteiger partial charge >= 0.3 is 0 Å². The van der Waals surface area contributed by atoms with Crippen molar-refractivity contribution in [2.24, 2.45) is 4.99 Å². The van der Waals surface area contributed by atoms with E-state index in [0.717, 1.165) is 36.7 Å². The Kier molecular flexibility index (Phi) is 8.19. The van der Waals surface area contributed by atoms with E-state index < -0.39 is 0 Å². The summed E-state index contributed by atoms with van der Waals surface area (Å²) in [5.74, 6) is 1.64. The van der Waals surface area contributed by atoms with Gasteiger partial charge in [0, 0.05) is 32.3 Å². The number of hydrogen-bond acceptors (Lipinski definition) is 4. The summed E-state index contributed by atoms with van der Waals surface area (Å²) in [6, 6.07) is 8.06. The molecule has 2 N–H and O–H groups in total. The van der Waals surface area contributed by atoms with Crippen molar-refractivity contribution >= 4 is 5.96 Å². The Morgan fingerprint density at radius 3 is 2.77 bits per heavy atom. The van der Waals surface area contributed by atoms with Crippen molar-refractivity contribution < 1.29 is 14.2 Å². The van der Waals surface area contributed by atoms with E-state index in [-0.39, 0.29) is 11.7 Å². The van der Waals surface area contributed by atoms with Gasteiger partial charge in [0.25, 0.3) is 0 Å². The first-order valence-electron chi connectivity index (χ1n) is 9.39. The lowest BCUT2D eigenvalue weighted by Crippen LogP contribution is -2.39. The maximum absolute atomic E-state index is 6.03. The summed E-state index contributed by atoms with van der Waals surface area (Å²) in [6.45, 7) is 9.66. The number of aliphatic imine (C=N–C) groups is 1. The van der Waals surface area contributed by atoms with E-state index in [4.69, 9.17) is 14.2 Å². The minimum Gasteiger partial charge on any atom is -0.488 e. The number of rotatable bonds is 8. The van der Waals surface area contributed by atoms with Crippen LogP contribution < -0.4 is 15.4 Å². The quantitative estimate of drug-likeness (QED) is 0.422. The fraction of sp³-hybridized carbons (Fsp3) is 0.650. The highest BCUT2D eigenvalue weighted by Crippen LogP contribution is 2.22. The first kappa shape index (κ1) is 20.5. The zero-order chi connectivity index (χ0) is 18.8. The monoisotopic (exact) mass is 363 g/mol. The molecule has 0 aromatic heterocycles. The van der Waals surface area contributed by atoms with Crippen molar-refractivity contribution in [1.29, 1.82) is 0 Å². The van der Waals surface area contributed by atoms with Gasteiger partial charge in [-0.15, -0.1) is 0 Å². The molecule has 1 unspecified atom stereocenters. The van der Waals surface area contributed by atoms with Crippen LogP contribution in [0.5, 0.6) is 5.75 Å². The van der Waals surface area contributed by atoms with Crippen molar-refractivity contribution in [3.05, 3.63) is 29.8 Å². The van der Waals surface area contributed by atoms with Gasteiger partial charge in [0.2, 0.25) is 0 Å². The Morgan fingerprint density at radius 1 is 1.27 bits per heavy atom. The first-order valence-corrected chi connectivity index (χ1v) is 9.39. The van der Waals surface area contributed by atoms with Crippen molar-refractivity contribution in [1.82, 2.24) is 10.6 Å². The zero-order valence-electron chi connectivity index (χ0n) is 16.5. The van der Waals surface area contributed by atoms with E-state index in [1.165, 1.54) is 0 Å². The summed E-state index contributed by atoms with van der Waals surface area (Å²) in [7, 11) is 1.76. The van der Waals surface area contributed by atoms with Crippen molar-refractivity contribution in [2.75, 3.05) is 33.4 Å². The number of nitrogens with one attached hydrogen (secondary N) is 2. The molecule has 146 valence electrons. The number of para-hydroxylation sites is 1.